The van der Waals surface area contributed by atoms with Crippen molar-refractivity contribution in [3.05, 3.63) is 23.8 Å². The van der Waals surface area contributed by atoms with Crippen LogP contribution in [0.3, 0.4) is 0 Å². The van der Waals surface area contributed by atoms with Crippen LogP contribution in [0, 0.1) is 0 Å². The highest BCUT2D eigenvalue weighted by Gasteiger charge is 2.32. The molecule has 2 fully saturated rings. The van der Waals surface area contributed by atoms with Gasteiger partial charge in [0.2, 0.25) is 5.91 Å². The van der Waals surface area contributed by atoms with Crippen LogP contribution in [0.5, 0.6) is 5.75 Å². The Morgan fingerprint density at radius 1 is 1.00 bits per heavy atom. The number of carbonyl (C=O) groups excluding carboxylic acids is 2. The first-order valence-electron chi connectivity index (χ1n) is 10.6. The van der Waals surface area contributed by atoms with E-state index in [0.717, 1.165) is 31.2 Å². The molecule has 27 heavy (non-hydrogen) atoms. The van der Waals surface area contributed by atoms with E-state index in [9.17, 15) is 9.59 Å². The quantitative estimate of drug-likeness (QED) is 0.870. The maximum Gasteiger partial charge on any atom is 0.262 e. The maximum atomic E-state index is 13.4. The topological polar surface area (TPSA) is 58.6 Å². The molecule has 2 amide bonds. The van der Waals surface area contributed by atoms with Crippen LogP contribution in [0.25, 0.3) is 0 Å². The zero-order chi connectivity index (χ0) is 18.6. The highest BCUT2D eigenvalue weighted by atomic mass is 16.5. The fraction of sp³-hybridized carbons (Fsp3) is 0.636. The lowest BCUT2D eigenvalue weighted by molar-refractivity contribution is -0.137. The number of anilines is 1. The Hall–Kier alpha value is -2.04. The van der Waals surface area contributed by atoms with Crippen molar-refractivity contribution in [3.63, 3.8) is 0 Å². The van der Waals surface area contributed by atoms with Gasteiger partial charge >= 0.3 is 0 Å². The fourth-order valence-corrected chi connectivity index (χ4v) is 4.93. The van der Waals surface area contributed by atoms with E-state index in [0.29, 0.717) is 29.9 Å². The van der Waals surface area contributed by atoms with Gasteiger partial charge in [0.05, 0.1) is 12.1 Å². The predicted octanol–water partition coefficient (Wildman–Crippen LogP) is 4.05. The number of nitrogens with one attached hydrogen (secondary N) is 1. The summed E-state index contributed by atoms with van der Waals surface area (Å²) in [5, 5.41) is 2.84. The summed E-state index contributed by atoms with van der Waals surface area (Å²) in [7, 11) is 0. The lowest BCUT2D eigenvalue weighted by Gasteiger charge is -2.42. The maximum absolute atomic E-state index is 13.4. The van der Waals surface area contributed by atoms with E-state index in [1.165, 1.54) is 38.5 Å². The third-order valence-electron chi connectivity index (χ3n) is 6.26. The molecule has 0 spiro atoms. The van der Waals surface area contributed by atoms with E-state index in [1.54, 1.807) is 0 Å². The average Bonchev–Trinajstić information content (AvgIpc) is 2.69. The van der Waals surface area contributed by atoms with E-state index in [2.05, 4.69) is 10.2 Å². The van der Waals surface area contributed by atoms with Crippen LogP contribution in [-0.2, 0) is 16.0 Å². The number of nitrogens with zero attached hydrogens (tertiary/aromatic N) is 1. The minimum Gasteiger partial charge on any atom is -0.482 e. The summed E-state index contributed by atoms with van der Waals surface area (Å²) in [6.45, 7) is 0.0580. The molecular weight excluding hydrogens is 340 g/mol. The fourth-order valence-electron chi connectivity index (χ4n) is 4.93. The number of hydrogen-bond donors (Lipinski definition) is 1. The van der Waals surface area contributed by atoms with Crippen molar-refractivity contribution in [1.82, 2.24) is 4.90 Å². The van der Waals surface area contributed by atoms with Gasteiger partial charge in [-0.2, -0.15) is 0 Å². The minimum atomic E-state index is -0.142. The third kappa shape index (κ3) is 4.28. The Labute approximate surface area is 161 Å². The first-order valence-corrected chi connectivity index (χ1v) is 10.6. The Balaban J connectivity index is 1.50. The van der Waals surface area contributed by atoms with E-state index < -0.39 is 0 Å². The molecule has 0 bridgehead atoms. The second-order valence-corrected chi connectivity index (χ2v) is 8.23. The SMILES string of the molecule is O=C1COc2ccc(CC(=O)N(C3CCCCC3)C3CCCCC3)cc2N1. The molecule has 3 aliphatic rings. The second kappa shape index (κ2) is 8.32. The molecule has 1 heterocycles. The van der Waals surface area contributed by atoms with Crippen molar-refractivity contribution in [2.45, 2.75) is 82.7 Å². The van der Waals surface area contributed by atoms with Crippen molar-refractivity contribution < 1.29 is 14.3 Å². The Morgan fingerprint density at radius 3 is 2.26 bits per heavy atom. The number of carbonyl (C=O) groups is 2. The van der Waals surface area contributed by atoms with Crippen LogP contribution in [0.15, 0.2) is 18.2 Å². The summed E-state index contributed by atoms with van der Waals surface area (Å²) in [5.74, 6) is 0.788. The van der Waals surface area contributed by atoms with Gasteiger partial charge in [-0.05, 0) is 43.4 Å². The van der Waals surface area contributed by atoms with Crippen molar-refractivity contribution >= 4 is 17.5 Å². The van der Waals surface area contributed by atoms with Crippen molar-refractivity contribution in [3.8, 4) is 5.75 Å². The molecule has 146 valence electrons. The average molecular weight is 370 g/mol. The van der Waals surface area contributed by atoms with Gasteiger partial charge in [0.15, 0.2) is 6.61 Å². The van der Waals surface area contributed by atoms with Gasteiger partial charge in [0.1, 0.15) is 5.75 Å². The van der Waals surface area contributed by atoms with Gasteiger partial charge in [-0.15, -0.1) is 0 Å². The van der Waals surface area contributed by atoms with Gasteiger partial charge in [0, 0.05) is 12.1 Å². The molecule has 2 aliphatic carbocycles. The first kappa shape index (κ1) is 18.3. The van der Waals surface area contributed by atoms with Crippen molar-refractivity contribution in [1.29, 1.82) is 0 Å². The number of fused-ring (bicyclic) bond motifs is 1. The Kier molecular flexibility index (Phi) is 5.65. The molecule has 2 saturated carbocycles. The molecule has 1 aromatic rings. The second-order valence-electron chi connectivity index (χ2n) is 8.23. The summed E-state index contributed by atoms with van der Waals surface area (Å²) < 4.78 is 5.43. The molecule has 5 nitrogen and oxygen atoms in total. The predicted molar refractivity (Wildman–Crippen MR) is 105 cm³/mol. The van der Waals surface area contributed by atoms with Gasteiger partial charge < -0.3 is 15.0 Å². The largest absolute Gasteiger partial charge is 0.482 e. The van der Waals surface area contributed by atoms with E-state index >= 15 is 0 Å². The van der Waals surface area contributed by atoms with Crippen LogP contribution in [-0.4, -0.2) is 35.4 Å². The smallest absolute Gasteiger partial charge is 0.262 e. The van der Waals surface area contributed by atoms with Crippen LogP contribution in [0.4, 0.5) is 5.69 Å². The normalized spacial score (nSPS) is 21.1. The molecule has 1 aliphatic heterocycles. The van der Waals surface area contributed by atoms with E-state index in [1.807, 2.05) is 18.2 Å². The van der Waals surface area contributed by atoms with Crippen LogP contribution in [0.1, 0.15) is 69.8 Å². The Bertz CT molecular complexity index is 673. The monoisotopic (exact) mass is 370 g/mol. The molecule has 0 aromatic heterocycles. The standard InChI is InChI=1S/C22H30N2O3/c25-21-15-27-20-12-11-16(13-19(20)23-21)14-22(26)24(17-7-3-1-4-8-17)18-9-5-2-6-10-18/h11-13,17-18H,1-10,14-15H2,(H,23,25). The summed E-state index contributed by atoms with van der Waals surface area (Å²) in [4.78, 5) is 27.2. The first-order chi connectivity index (χ1) is 13.2. The summed E-state index contributed by atoms with van der Waals surface area (Å²) in [5.41, 5.74) is 1.62. The summed E-state index contributed by atoms with van der Waals surface area (Å²) in [6.07, 6.45) is 12.6. The van der Waals surface area contributed by atoms with Crippen LogP contribution < -0.4 is 10.1 Å². The zero-order valence-electron chi connectivity index (χ0n) is 16.0. The molecule has 1 N–H and O–H groups in total. The van der Waals surface area contributed by atoms with Gasteiger partial charge in [0.25, 0.3) is 5.91 Å². The summed E-state index contributed by atoms with van der Waals surface area (Å²) >= 11 is 0. The third-order valence-corrected chi connectivity index (χ3v) is 6.26. The van der Waals surface area contributed by atoms with Crippen molar-refractivity contribution in [2.24, 2.45) is 0 Å². The van der Waals surface area contributed by atoms with Crippen molar-refractivity contribution in [2.75, 3.05) is 11.9 Å². The molecule has 0 atom stereocenters. The lowest BCUT2D eigenvalue weighted by Crippen LogP contribution is -2.49. The molecule has 0 unspecified atom stereocenters. The molecule has 0 saturated heterocycles. The number of amides is 2. The molecular formula is C22H30N2O3. The lowest BCUT2D eigenvalue weighted by atomic mass is 9.88. The van der Waals surface area contributed by atoms with Crippen LogP contribution >= 0.6 is 0 Å². The summed E-state index contributed by atoms with van der Waals surface area (Å²) in [6, 6.07) is 6.53. The number of benzene rings is 1. The minimum absolute atomic E-state index is 0.0580. The number of ether oxygens (including phenoxy) is 1. The molecule has 4 rings (SSSR count). The number of rotatable bonds is 4. The number of hydrogen-bond acceptors (Lipinski definition) is 3. The Morgan fingerprint density at radius 2 is 1.63 bits per heavy atom. The van der Waals surface area contributed by atoms with Crippen LogP contribution in [0.2, 0.25) is 0 Å². The molecule has 5 heteroatoms. The molecule has 0 radical (unpaired) electrons. The van der Waals surface area contributed by atoms with E-state index in [-0.39, 0.29) is 18.4 Å². The zero-order valence-corrected chi connectivity index (χ0v) is 16.0. The highest BCUT2D eigenvalue weighted by Crippen LogP contribution is 2.32. The van der Waals surface area contributed by atoms with Gasteiger partial charge in [-0.25, -0.2) is 0 Å². The molecule has 1 aromatic carbocycles. The van der Waals surface area contributed by atoms with Gasteiger partial charge in [-0.1, -0.05) is 44.6 Å². The van der Waals surface area contributed by atoms with E-state index in [4.69, 9.17) is 4.74 Å². The van der Waals surface area contributed by atoms with Gasteiger partial charge in [-0.3, -0.25) is 9.59 Å². The highest BCUT2D eigenvalue weighted by molar-refractivity contribution is 5.95.